The quantitative estimate of drug-likeness (QED) is 0.620. The minimum absolute atomic E-state index is 0.0709. The number of benzene rings is 1. The second-order valence-electron chi connectivity index (χ2n) is 8.19. The van der Waals surface area contributed by atoms with Crippen LogP contribution < -0.4 is 10.1 Å². The van der Waals surface area contributed by atoms with Crippen molar-refractivity contribution in [2.24, 2.45) is 5.41 Å². The van der Waals surface area contributed by atoms with Gasteiger partial charge in [-0.25, -0.2) is 0 Å². The Labute approximate surface area is 191 Å². The van der Waals surface area contributed by atoms with E-state index in [9.17, 15) is 9.59 Å². The van der Waals surface area contributed by atoms with Crippen LogP contribution in [0.1, 0.15) is 49.3 Å². The lowest BCUT2D eigenvalue weighted by Gasteiger charge is -2.33. The average molecular weight is 459 g/mol. The molecule has 0 bridgehead atoms. The average Bonchev–Trinajstić information content (AvgIpc) is 3.08. The molecule has 5 nitrogen and oxygen atoms in total. The van der Waals surface area contributed by atoms with Crippen LogP contribution in [-0.2, 0) is 22.6 Å². The van der Waals surface area contributed by atoms with Crippen molar-refractivity contribution in [1.29, 1.82) is 0 Å². The SMILES string of the molecule is CCCC12CCC(=O)C=C1c1c(cc(OCC(=O)NCc3ccncc3)c(Cl)c1Cl)C2. The smallest absolute Gasteiger partial charge is 0.258 e. The van der Waals surface area contributed by atoms with E-state index in [2.05, 4.69) is 17.2 Å². The molecule has 1 aromatic carbocycles. The Morgan fingerprint density at radius 3 is 2.77 bits per heavy atom. The molecule has 0 spiro atoms. The number of ketones is 1. The number of pyridine rings is 1. The Kier molecular flexibility index (Phi) is 6.35. The summed E-state index contributed by atoms with van der Waals surface area (Å²) < 4.78 is 5.73. The third kappa shape index (κ3) is 4.35. The number of halogens is 2. The Balaban J connectivity index is 1.51. The number of fused-ring (bicyclic) bond motifs is 3. The van der Waals surface area contributed by atoms with Crippen molar-refractivity contribution >= 4 is 40.5 Å². The van der Waals surface area contributed by atoms with Crippen molar-refractivity contribution in [3.63, 3.8) is 0 Å². The normalized spacial score (nSPS) is 19.5. The maximum absolute atomic E-state index is 12.2. The van der Waals surface area contributed by atoms with Crippen molar-refractivity contribution in [2.45, 2.75) is 45.6 Å². The molecule has 7 heteroatoms. The van der Waals surface area contributed by atoms with Crippen LogP contribution >= 0.6 is 23.2 Å². The fourth-order valence-corrected chi connectivity index (χ4v) is 5.20. The van der Waals surface area contributed by atoms with E-state index in [1.165, 1.54) is 0 Å². The molecule has 2 aliphatic carbocycles. The maximum Gasteiger partial charge on any atom is 0.258 e. The zero-order chi connectivity index (χ0) is 22.0. The molecule has 0 fully saturated rings. The van der Waals surface area contributed by atoms with Crippen LogP contribution in [0.25, 0.3) is 5.57 Å². The number of carbonyl (C=O) groups excluding carboxylic acids is 2. The zero-order valence-electron chi connectivity index (χ0n) is 17.3. The number of allylic oxidation sites excluding steroid dienone is 2. The summed E-state index contributed by atoms with van der Waals surface area (Å²) in [6.07, 6.45) is 9.29. The van der Waals surface area contributed by atoms with Gasteiger partial charge in [-0.05, 0) is 60.2 Å². The molecule has 1 amide bonds. The van der Waals surface area contributed by atoms with Gasteiger partial charge in [0.15, 0.2) is 12.4 Å². The molecule has 2 aromatic rings. The summed E-state index contributed by atoms with van der Waals surface area (Å²) in [5, 5.41) is 3.48. The first kappa shape index (κ1) is 21.8. The fraction of sp³-hybridized carbons (Fsp3) is 0.375. The number of hydrogen-bond donors (Lipinski definition) is 1. The molecule has 31 heavy (non-hydrogen) atoms. The summed E-state index contributed by atoms with van der Waals surface area (Å²) in [7, 11) is 0. The molecule has 0 aliphatic heterocycles. The van der Waals surface area contributed by atoms with Gasteiger partial charge in [-0.1, -0.05) is 36.5 Å². The zero-order valence-corrected chi connectivity index (χ0v) is 18.9. The molecule has 1 N–H and O–H groups in total. The van der Waals surface area contributed by atoms with Crippen LogP contribution in [-0.4, -0.2) is 23.3 Å². The third-order valence-corrected chi connectivity index (χ3v) is 6.96. The van der Waals surface area contributed by atoms with E-state index in [1.807, 2.05) is 18.2 Å². The Hall–Kier alpha value is -2.37. The molecule has 1 aromatic heterocycles. The lowest BCUT2D eigenvalue weighted by molar-refractivity contribution is -0.123. The Morgan fingerprint density at radius 2 is 2.03 bits per heavy atom. The predicted molar refractivity (Wildman–Crippen MR) is 121 cm³/mol. The predicted octanol–water partition coefficient (Wildman–Crippen LogP) is 5.17. The molecular formula is C24H24Cl2N2O3. The minimum Gasteiger partial charge on any atom is -0.482 e. The van der Waals surface area contributed by atoms with Crippen LogP contribution in [0.5, 0.6) is 5.75 Å². The van der Waals surface area contributed by atoms with Crippen LogP contribution in [0.15, 0.2) is 36.7 Å². The second-order valence-corrected chi connectivity index (χ2v) is 8.95. The van der Waals surface area contributed by atoms with Crippen molar-refractivity contribution < 1.29 is 14.3 Å². The van der Waals surface area contributed by atoms with Crippen molar-refractivity contribution in [3.05, 3.63) is 63.4 Å². The highest BCUT2D eigenvalue weighted by atomic mass is 35.5. The molecule has 2 aliphatic rings. The number of nitrogens with one attached hydrogen (secondary N) is 1. The summed E-state index contributed by atoms with van der Waals surface area (Å²) >= 11 is 13.2. The number of amides is 1. The number of ether oxygens (including phenoxy) is 1. The highest BCUT2D eigenvalue weighted by Gasteiger charge is 2.45. The van der Waals surface area contributed by atoms with Gasteiger partial charge in [0.25, 0.3) is 5.91 Å². The number of aromatic nitrogens is 1. The molecule has 4 rings (SSSR count). The molecule has 1 unspecified atom stereocenters. The van der Waals surface area contributed by atoms with Crippen LogP contribution in [0, 0.1) is 5.41 Å². The standard InChI is InChI=1S/C24H24Cl2N2O3/c1-2-6-24-7-3-17(29)11-18(24)21-16(12-24)10-19(22(25)23(21)26)31-14-20(30)28-13-15-4-8-27-9-5-15/h4-5,8-11H,2-3,6-7,12-14H2,1H3,(H,28,30). The Bertz CT molecular complexity index is 1050. The van der Waals surface area contributed by atoms with E-state index in [0.29, 0.717) is 23.7 Å². The number of hydrogen-bond acceptors (Lipinski definition) is 4. The van der Waals surface area contributed by atoms with Crippen LogP contribution in [0.4, 0.5) is 0 Å². The van der Waals surface area contributed by atoms with Gasteiger partial charge in [-0.3, -0.25) is 14.6 Å². The van der Waals surface area contributed by atoms with Gasteiger partial charge in [-0.15, -0.1) is 0 Å². The molecule has 0 radical (unpaired) electrons. The minimum atomic E-state index is -0.256. The first-order valence-corrected chi connectivity index (χ1v) is 11.2. The molecule has 0 saturated carbocycles. The van der Waals surface area contributed by atoms with Crippen molar-refractivity contribution in [2.75, 3.05) is 6.61 Å². The van der Waals surface area contributed by atoms with Gasteiger partial charge in [-0.2, -0.15) is 0 Å². The largest absolute Gasteiger partial charge is 0.482 e. The van der Waals surface area contributed by atoms with Gasteiger partial charge >= 0.3 is 0 Å². The highest BCUT2D eigenvalue weighted by Crippen LogP contribution is 2.58. The van der Waals surface area contributed by atoms with Crippen LogP contribution in [0.2, 0.25) is 10.0 Å². The van der Waals surface area contributed by atoms with Gasteiger partial charge in [0.05, 0.1) is 5.02 Å². The number of rotatable bonds is 7. The van der Waals surface area contributed by atoms with E-state index in [4.69, 9.17) is 27.9 Å². The van der Waals surface area contributed by atoms with E-state index < -0.39 is 0 Å². The molecule has 0 saturated heterocycles. The van der Waals surface area contributed by atoms with Crippen molar-refractivity contribution in [3.8, 4) is 5.75 Å². The molecule has 1 heterocycles. The lowest BCUT2D eigenvalue weighted by atomic mass is 9.70. The maximum atomic E-state index is 12.2. The lowest BCUT2D eigenvalue weighted by Crippen LogP contribution is -2.28. The third-order valence-electron chi connectivity index (χ3n) is 6.11. The van der Waals surface area contributed by atoms with Gasteiger partial charge in [0.1, 0.15) is 10.8 Å². The topological polar surface area (TPSA) is 68.3 Å². The van der Waals surface area contributed by atoms with Crippen molar-refractivity contribution in [1.82, 2.24) is 10.3 Å². The van der Waals surface area contributed by atoms with E-state index in [0.717, 1.165) is 47.9 Å². The first-order valence-electron chi connectivity index (χ1n) is 10.5. The van der Waals surface area contributed by atoms with E-state index in [-0.39, 0.29) is 28.7 Å². The fourth-order valence-electron chi connectivity index (χ4n) is 4.68. The van der Waals surface area contributed by atoms with Gasteiger partial charge in [0.2, 0.25) is 0 Å². The second kappa shape index (κ2) is 9.01. The summed E-state index contributed by atoms with van der Waals surface area (Å²) in [4.78, 5) is 28.3. The summed E-state index contributed by atoms with van der Waals surface area (Å²) in [6, 6.07) is 5.55. The monoisotopic (exact) mass is 458 g/mol. The van der Waals surface area contributed by atoms with Gasteiger partial charge < -0.3 is 10.1 Å². The number of nitrogens with zero attached hydrogens (tertiary/aromatic N) is 1. The molecule has 162 valence electrons. The summed E-state index contributed by atoms with van der Waals surface area (Å²) in [5.74, 6) is 0.267. The Morgan fingerprint density at radius 1 is 1.26 bits per heavy atom. The van der Waals surface area contributed by atoms with Crippen LogP contribution in [0.3, 0.4) is 0 Å². The molecular weight excluding hydrogens is 435 g/mol. The number of carbonyl (C=O) groups is 2. The highest BCUT2D eigenvalue weighted by molar-refractivity contribution is 6.44. The summed E-state index contributed by atoms with van der Waals surface area (Å²) in [5.41, 5.74) is 3.78. The summed E-state index contributed by atoms with van der Waals surface area (Å²) in [6.45, 7) is 2.38. The van der Waals surface area contributed by atoms with Gasteiger partial charge in [0, 0.05) is 36.3 Å². The van der Waals surface area contributed by atoms with E-state index >= 15 is 0 Å². The molecule has 1 atom stereocenters. The van der Waals surface area contributed by atoms with E-state index in [1.54, 1.807) is 18.5 Å². The first-order chi connectivity index (χ1) is 14.9.